The third kappa shape index (κ3) is 6.91. The second kappa shape index (κ2) is 11.6. The number of rotatable bonds is 9. The Morgan fingerprint density at radius 3 is 2.42 bits per heavy atom. The van der Waals surface area contributed by atoms with E-state index in [-0.39, 0.29) is 56.1 Å². The quantitative estimate of drug-likeness (QED) is 0.383. The first-order valence-corrected chi connectivity index (χ1v) is 10.6. The summed E-state index contributed by atoms with van der Waals surface area (Å²) >= 11 is 0. The van der Waals surface area contributed by atoms with Crippen LogP contribution in [0.2, 0.25) is 0 Å². The van der Waals surface area contributed by atoms with Gasteiger partial charge in [-0.15, -0.1) is 0 Å². The first-order valence-electron chi connectivity index (χ1n) is 10.6. The number of methoxy groups -OCH3 is 1. The lowest BCUT2D eigenvalue weighted by atomic mass is 9.81. The molecular weight excluding hydrogens is 408 g/mol. The van der Waals surface area contributed by atoms with E-state index in [9.17, 15) is 24.0 Å². The summed E-state index contributed by atoms with van der Waals surface area (Å²) < 4.78 is 4.64. The number of aliphatic carboxylic acids is 1. The molecular formula is C20H32N4O7. The molecule has 1 saturated heterocycles. The van der Waals surface area contributed by atoms with Gasteiger partial charge >= 0.3 is 11.9 Å². The number of carbonyl (C=O) groups excluding carboxylic acids is 4. The highest BCUT2D eigenvalue weighted by molar-refractivity contribution is 5.91. The maximum absolute atomic E-state index is 13.2. The van der Waals surface area contributed by atoms with Gasteiger partial charge in [0.1, 0.15) is 12.6 Å². The molecule has 1 aliphatic heterocycles. The predicted molar refractivity (Wildman–Crippen MR) is 108 cm³/mol. The average Bonchev–Trinajstić information content (AvgIpc) is 2.77. The number of amides is 3. The molecule has 4 N–H and O–H groups in total. The van der Waals surface area contributed by atoms with Crippen molar-refractivity contribution in [2.45, 2.75) is 44.6 Å². The fourth-order valence-corrected chi connectivity index (χ4v) is 4.24. The second-order valence-corrected chi connectivity index (χ2v) is 8.04. The van der Waals surface area contributed by atoms with Crippen LogP contribution >= 0.6 is 0 Å². The zero-order chi connectivity index (χ0) is 23.0. The van der Waals surface area contributed by atoms with Crippen LogP contribution in [0.4, 0.5) is 0 Å². The van der Waals surface area contributed by atoms with Gasteiger partial charge in [-0.25, -0.2) is 0 Å². The predicted octanol–water partition coefficient (Wildman–Crippen LogP) is -1.06. The van der Waals surface area contributed by atoms with Crippen LogP contribution in [0.3, 0.4) is 0 Å². The summed E-state index contributed by atoms with van der Waals surface area (Å²) in [4.78, 5) is 62.7. The van der Waals surface area contributed by atoms with Gasteiger partial charge in [-0.3, -0.25) is 24.0 Å². The van der Waals surface area contributed by atoms with Crippen molar-refractivity contribution in [1.29, 1.82) is 0 Å². The van der Waals surface area contributed by atoms with Gasteiger partial charge in [0.2, 0.25) is 17.7 Å². The zero-order valence-electron chi connectivity index (χ0n) is 17.9. The van der Waals surface area contributed by atoms with E-state index in [0.29, 0.717) is 19.4 Å². The highest BCUT2D eigenvalue weighted by Gasteiger charge is 2.40. The topological polar surface area (TPSA) is 159 Å². The van der Waals surface area contributed by atoms with Crippen molar-refractivity contribution in [3.8, 4) is 0 Å². The Bertz CT molecular complexity index is 691. The van der Waals surface area contributed by atoms with Crippen molar-refractivity contribution in [2.24, 2.45) is 17.6 Å². The Hall–Kier alpha value is -2.69. The summed E-state index contributed by atoms with van der Waals surface area (Å²) in [5.41, 5.74) is 5.29. The first-order chi connectivity index (χ1) is 14.8. The fraction of sp³-hybridized carbons (Fsp3) is 0.750. The maximum Gasteiger partial charge on any atom is 0.323 e. The number of ether oxygens (including phenoxy) is 1. The standard InChI is InChI=1S/C20H32N4O7/c1-31-18(28)7-6-15-20(30)23(12-17(26)27)8-9-24(15)19(29)14-4-2-13(3-5-14)11-22-16(25)10-21/h13-15H,2-12,21H2,1H3,(H,22,25)(H,26,27)/t13?,14?,15-/m0/s1. The number of piperazine rings is 1. The summed E-state index contributed by atoms with van der Waals surface area (Å²) in [6.45, 7) is 0.422. The van der Waals surface area contributed by atoms with E-state index in [0.717, 1.165) is 12.8 Å². The monoisotopic (exact) mass is 440 g/mol. The molecule has 1 atom stereocenters. The highest BCUT2D eigenvalue weighted by Crippen LogP contribution is 2.31. The number of esters is 1. The van der Waals surface area contributed by atoms with Crippen molar-refractivity contribution < 1.29 is 33.8 Å². The number of nitrogens with one attached hydrogen (secondary N) is 1. The van der Waals surface area contributed by atoms with E-state index in [1.807, 2.05) is 0 Å². The Morgan fingerprint density at radius 1 is 1.16 bits per heavy atom. The smallest absolute Gasteiger partial charge is 0.323 e. The minimum Gasteiger partial charge on any atom is -0.480 e. The van der Waals surface area contributed by atoms with Gasteiger partial charge in [0.25, 0.3) is 0 Å². The second-order valence-electron chi connectivity index (χ2n) is 8.04. The Kier molecular flexibility index (Phi) is 9.22. The fourth-order valence-electron chi connectivity index (χ4n) is 4.24. The lowest BCUT2D eigenvalue weighted by Gasteiger charge is -2.42. The normalized spacial score (nSPS) is 23.9. The molecule has 2 rings (SSSR count). The molecule has 11 heteroatoms. The third-order valence-electron chi connectivity index (χ3n) is 6.01. The van der Waals surface area contributed by atoms with Gasteiger partial charge in [0, 0.05) is 32.0 Å². The number of hydrogen-bond acceptors (Lipinski definition) is 7. The summed E-state index contributed by atoms with van der Waals surface area (Å²) in [6.07, 6.45) is 2.91. The van der Waals surface area contributed by atoms with E-state index in [1.165, 1.54) is 16.9 Å². The number of nitrogens with two attached hydrogens (primary N) is 1. The molecule has 174 valence electrons. The Morgan fingerprint density at radius 2 is 1.84 bits per heavy atom. The van der Waals surface area contributed by atoms with Gasteiger partial charge in [0.05, 0.1) is 13.7 Å². The third-order valence-corrected chi connectivity index (χ3v) is 6.01. The molecule has 0 spiro atoms. The van der Waals surface area contributed by atoms with Gasteiger partial charge in [0.15, 0.2) is 0 Å². The molecule has 3 amide bonds. The van der Waals surface area contributed by atoms with E-state index in [2.05, 4.69) is 10.1 Å². The summed E-state index contributed by atoms with van der Waals surface area (Å²) in [7, 11) is 1.25. The van der Waals surface area contributed by atoms with Gasteiger partial charge < -0.3 is 30.7 Å². The van der Waals surface area contributed by atoms with Crippen LogP contribution in [0.1, 0.15) is 38.5 Å². The van der Waals surface area contributed by atoms with E-state index >= 15 is 0 Å². The SMILES string of the molecule is COC(=O)CC[C@H]1C(=O)N(CC(=O)O)CCN1C(=O)C1CCC(CNC(=O)CN)CC1. The van der Waals surface area contributed by atoms with Crippen LogP contribution in [0.25, 0.3) is 0 Å². The van der Waals surface area contributed by atoms with E-state index in [1.54, 1.807) is 0 Å². The zero-order valence-corrected chi connectivity index (χ0v) is 17.9. The summed E-state index contributed by atoms with van der Waals surface area (Å²) in [5.74, 6) is -2.36. The van der Waals surface area contributed by atoms with Crippen LogP contribution in [0, 0.1) is 11.8 Å². The van der Waals surface area contributed by atoms with E-state index in [4.69, 9.17) is 10.8 Å². The molecule has 0 aromatic carbocycles. The molecule has 31 heavy (non-hydrogen) atoms. The van der Waals surface area contributed by atoms with Crippen molar-refractivity contribution in [1.82, 2.24) is 15.1 Å². The average molecular weight is 440 g/mol. The minimum absolute atomic E-state index is 0.0365. The maximum atomic E-state index is 13.2. The van der Waals surface area contributed by atoms with Crippen molar-refractivity contribution in [3.05, 3.63) is 0 Å². The molecule has 2 aliphatic rings. The van der Waals surface area contributed by atoms with Crippen molar-refractivity contribution >= 4 is 29.7 Å². The number of nitrogens with zero attached hydrogens (tertiary/aromatic N) is 2. The molecule has 1 heterocycles. The molecule has 1 aliphatic carbocycles. The van der Waals surface area contributed by atoms with Crippen LogP contribution in [0.5, 0.6) is 0 Å². The number of carbonyl (C=O) groups is 5. The van der Waals surface area contributed by atoms with Crippen molar-refractivity contribution in [2.75, 3.05) is 39.8 Å². The molecule has 0 bridgehead atoms. The van der Waals surface area contributed by atoms with Gasteiger partial charge in [-0.05, 0) is 38.0 Å². The van der Waals surface area contributed by atoms with Crippen LogP contribution in [-0.2, 0) is 28.7 Å². The number of carboxylic acid groups (broad SMARTS) is 1. The number of hydrogen-bond donors (Lipinski definition) is 3. The largest absolute Gasteiger partial charge is 0.480 e. The molecule has 0 aromatic heterocycles. The van der Waals surface area contributed by atoms with E-state index < -0.39 is 30.4 Å². The van der Waals surface area contributed by atoms with Crippen LogP contribution in [-0.4, -0.2) is 90.4 Å². The molecule has 0 unspecified atom stereocenters. The molecule has 2 fully saturated rings. The molecule has 1 saturated carbocycles. The van der Waals surface area contributed by atoms with Crippen LogP contribution < -0.4 is 11.1 Å². The Labute approximate surface area is 181 Å². The van der Waals surface area contributed by atoms with Crippen molar-refractivity contribution in [3.63, 3.8) is 0 Å². The number of carboxylic acids is 1. The lowest BCUT2D eigenvalue weighted by molar-refractivity contribution is -0.158. The van der Waals surface area contributed by atoms with Gasteiger partial charge in [-0.2, -0.15) is 0 Å². The van der Waals surface area contributed by atoms with Crippen LogP contribution in [0.15, 0.2) is 0 Å². The molecule has 0 aromatic rings. The minimum atomic E-state index is -1.13. The van der Waals surface area contributed by atoms with Gasteiger partial charge in [-0.1, -0.05) is 0 Å². The molecule has 11 nitrogen and oxygen atoms in total. The first kappa shape index (κ1) is 24.6. The summed E-state index contributed by atoms with van der Waals surface area (Å²) in [5, 5.41) is 11.8. The summed E-state index contributed by atoms with van der Waals surface area (Å²) in [6, 6.07) is -0.874. The highest BCUT2D eigenvalue weighted by atomic mass is 16.5. The molecule has 0 radical (unpaired) electrons. The Balaban J connectivity index is 2.00. The lowest BCUT2D eigenvalue weighted by Crippen LogP contribution is -2.60.